The highest BCUT2D eigenvalue weighted by Crippen LogP contribution is 2.29. The van der Waals surface area contributed by atoms with E-state index in [1.165, 1.54) is 0 Å². The number of oxazole rings is 1. The Morgan fingerprint density at radius 3 is 2.40 bits per heavy atom. The zero-order valence-corrected chi connectivity index (χ0v) is 24.1. The summed E-state index contributed by atoms with van der Waals surface area (Å²) in [5.74, 6) is 0.306. The Balaban J connectivity index is 1.33. The first-order valence-corrected chi connectivity index (χ1v) is 15.1. The van der Waals surface area contributed by atoms with Crippen molar-refractivity contribution < 1.29 is 27.2 Å². The van der Waals surface area contributed by atoms with Gasteiger partial charge in [0.05, 0.1) is 16.7 Å². The standard InChI is InChI=1S/C29H36N4O6S/c1-19-25(18-40(36,37)24-13-11-23(12-14-24)32-28(35)39-29(2,3)4)33-27(38-19)22-9-7-21(8-10-22)26(34)31-17-20-6-5-15-30-16-20/h5-10,15-16,23-24H,11-14,17-18H2,1-4H3,(H,31,34)(H,32,35)/t23-,24+. The maximum Gasteiger partial charge on any atom is 0.407 e. The van der Waals surface area contributed by atoms with Crippen molar-refractivity contribution in [3.63, 3.8) is 0 Å². The highest BCUT2D eigenvalue weighted by atomic mass is 32.2. The van der Waals surface area contributed by atoms with Crippen LogP contribution in [-0.4, -0.2) is 47.3 Å². The molecule has 1 saturated carbocycles. The molecule has 2 N–H and O–H groups in total. The molecule has 0 radical (unpaired) electrons. The first kappa shape index (κ1) is 29.3. The molecule has 0 bridgehead atoms. The van der Waals surface area contributed by atoms with E-state index in [2.05, 4.69) is 20.6 Å². The predicted octanol–water partition coefficient (Wildman–Crippen LogP) is 4.73. The largest absolute Gasteiger partial charge is 0.444 e. The summed E-state index contributed by atoms with van der Waals surface area (Å²) in [7, 11) is -3.48. The number of aromatic nitrogens is 2. The van der Waals surface area contributed by atoms with Crippen LogP contribution in [0.1, 0.15) is 73.8 Å². The zero-order valence-electron chi connectivity index (χ0n) is 23.3. The summed E-state index contributed by atoms with van der Waals surface area (Å²) in [6.07, 6.45) is 4.92. The number of nitrogens with one attached hydrogen (secondary N) is 2. The van der Waals surface area contributed by atoms with Crippen LogP contribution >= 0.6 is 0 Å². The van der Waals surface area contributed by atoms with Gasteiger partial charge in [-0.05, 0) is 89.3 Å². The van der Waals surface area contributed by atoms with Crippen LogP contribution in [-0.2, 0) is 26.9 Å². The number of hydrogen-bond acceptors (Lipinski definition) is 8. The van der Waals surface area contributed by atoms with Gasteiger partial charge in [-0.3, -0.25) is 9.78 Å². The van der Waals surface area contributed by atoms with Crippen molar-refractivity contribution in [1.29, 1.82) is 0 Å². The molecule has 0 aliphatic heterocycles. The van der Waals surface area contributed by atoms with Crippen molar-refractivity contribution in [3.05, 3.63) is 71.4 Å². The number of alkyl carbamates (subject to hydrolysis) is 1. The molecule has 3 aromatic rings. The third kappa shape index (κ3) is 7.91. The van der Waals surface area contributed by atoms with Gasteiger partial charge in [0.2, 0.25) is 5.89 Å². The molecule has 2 aromatic heterocycles. The van der Waals surface area contributed by atoms with Crippen LogP contribution in [0.4, 0.5) is 4.79 Å². The number of sulfone groups is 1. The quantitative estimate of drug-likeness (QED) is 0.398. The van der Waals surface area contributed by atoms with Crippen molar-refractivity contribution in [2.75, 3.05) is 0 Å². The average Bonchev–Trinajstić information content (AvgIpc) is 3.26. The van der Waals surface area contributed by atoms with E-state index in [-0.39, 0.29) is 17.7 Å². The average molecular weight is 569 g/mol. The van der Waals surface area contributed by atoms with E-state index in [0.717, 1.165) is 5.56 Å². The number of rotatable bonds is 8. The monoisotopic (exact) mass is 568 g/mol. The number of pyridine rings is 1. The third-order valence-electron chi connectivity index (χ3n) is 6.70. The maximum atomic E-state index is 13.2. The van der Waals surface area contributed by atoms with Crippen molar-refractivity contribution >= 4 is 21.8 Å². The van der Waals surface area contributed by atoms with Crippen LogP contribution in [0.5, 0.6) is 0 Å². The summed E-state index contributed by atoms with van der Waals surface area (Å²) in [6, 6.07) is 10.4. The van der Waals surface area contributed by atoms with E-state index in [1.54, 1.807) is 64.4 Å². The van der Waals surface area contributed by atoms with Gasteiger partial charge in [-0.15, -0.1) is 0 Å². The van der Waals surface area contributed by atoms with Gasteiger partial charge in [0.1, 0.15) is 11.4 Å². The Hall–Kier alpha value is -3.73. The second-order valence-electron chi connectivity index (χ2n) is 11.1. The number of aryl methyl sites for hydroxylation is 1. The summed E-state index contributed by atoms with van der Waals surface area (Å²) >= 11 is 0. The second-order valence-corrected chi connectivity index (χ2v) is 13.4. The lowest BCUT2D eigenvalue weighted by molar-refractivity contribution is 0.0493. The molecule has 0 unspecified atom stereocenters. The van der Waals surface area contributed by atoms with Crippen molar-refractivity contribution in [2.24, 2.45) is 0 Å². The summed E-state index contributed by atoms with van der Waals surface area (Å²) in [5.41, 5.74) is 1.81. The van der Waals surface area contributed by atoms with Crippen LogP contribution in [0.3, 0.4) is 0 Å². The van der Waals surface area contributed by atoms with Gasteiger partial charge in [-0.1, -0.05) is 6.07 Å². The molecule has 11 heteroatoms. The Morgan fingerprint density at radius 1 is 1.07 bits per heavy atom. The fraction of sp³-hybridized carbons (Fsp3) is 0.448. The topological polar surface area (TPSA) is 140 Å². The predicted molar refractivity (Wildman–Crippen MR) is 150 cm³/mol. The number of carbonyl (C=O) groups is 2. The molecule has 2 heterocycles. The number of nitrogens with zero attached hydrogens (tertiary/aromatic N) is 2. The van der Waals surface area contributed by atoms with Gasteiger partial charge in [-0.25, -0.2) is 18.2 Å². The molecule has 4 rings (SSSR count). The van der Waals surface area contributed by atoms with E-state index in [4.69, 9.17) is 9.15 Å². The normalized spacial score (nSPS) is 17.7. The molecular formula is C29H36N4O6S. The Labute approximate surface area is 234 Å². The van der Waals surface area contributed by atoms with Crippen LogP contribution in [0.2, 0.25) is 0 Å². The van der Waals surface area contributed by atoms with Gasteiger partial charge in [0, 0.05) is 36.1 Å². The minimum atomic E-state index is -3.48. The minimum Gasteiger partial charge on any atom is -0.444 e. The maximum absolute atomic E-state index is 13.2. The Bertz CT molecular complexity index is 1420. The lowest BCUT2D eigenvalue weighted by atomic mass is 9.95. The van der Waals surface area contributed by atoms with Crippen molar-refractivity contribution in [2.45, 2.75) is 82.6 Å². The van der Waals surface area contributed by atoms with Crippen LogP contribution in [0, 0.1) is 6.92 Å². The molecule has 10 nitrogen and oxygen atoms in total. The molecule has 40 heavy (non-hydrogen) atoms. The second kappa shape index (κ2) is 12.2. The smallest absolute Gasteiger partial charge is 0.407 e. The van der Waals surface area contributed by atoms with E-state index in [1.807, 2.05) is 12.1 Å². The Kier molecular flexibility index (Phi) is 8.92. The highest BCUT2D eigenvalue weighted by molar-refractivity contribution is 7.91. The van der Waals surface area contributed by atoms with E-state index < -0.39 is 26.8 Å². The molecule has 1 aliphatic rings. The molecule has 214 valence electrons. The summed E-state index contributed by atoms with van der Waals surface area (Å²) in [5, 5.41) is 5.19. The lowest BCUT2D eigenvalue weighted by Gasteiger charge is -2.29. The first-order chi connectivity index (χ1) is 18.9. The first-order valence-electron chi connectivity index (χ1n) is 13.3. The third-order valence-corrected chi connectivity index (χ3v) is 8.87. The van der Waals surface area contributed by atoms with Crippen LogP contribution < -0.4 is 10.6 Å². The van der Waals surface area contributed by atoms with E-state index in [9.17, 15) is 18.0 Å². The molecule has 2 amide bonds. The van der Waals surface area contributed by atoms with Gasteiger partial charge in [-0.2, -0.15) is 0 Å². The summed E-state index contributed by atoms with van der Waals surface area (Å²) in [6.45, 7) is 7.46. The molecule has 1 aliphatic carbocycles. The highest BCUT2D eigenvalue weighted by Gasteiger charge is 2.33. The van der Waals surface area contributed by atoms with E-state index >= 15 is 0 Å². The number of hydrogen-bond donors (Lipinski definition) is 2. The number of ether oxygens (including phenoxy) is 1. The fourth-order valence-electron chi connectivity index (χ4n) is 4.59. The number of carbonyl (C=O) groups excluding carboxylic acids is 2. The Morgan fingerprint density at radius 2 is 1.77 bits per heavy atom. The SMILES string of the molecule is Cc1oc(-c2ccc(C(=O)NCc3cccnc3)cc2)nc1CS(=O)(=O)[C@H]1CC[C@@H](NC(=O)OC(C)(C)C)CC1. The number of amides is 2. The van der Waals surface area contributed by atoms with E-state index in [0.29, 0.717) is 60.7 Å². The molecule has 1 fully saturated rings. The lowest BCUT2D eigenvalue weighted by Crippen LogP contribution is -2.42. The minimum absolute atomic E-state index is 0.109. The fourth-order valence-corrected chi connectivity index (χ4v) is 6.46. The number of benzene rings is 1. The molecule has 0 spiro atoms. The molecular weight excluding hydrogens is 532 g/mol. The van der Waals surface area contributed by atoms with Gasteiger partial charge in [0.25, 0.3) is 5.91 Å². The van der Waals surface area contributed by atoms with Crippen molar-refractivity contribution in [1.82, 2.24) is 20.6 Å². The van der Waals surface area contributed by atoms with Crippen molar-refractivity contribution in [3.8, 4) is 11.5 Å². The van der Waals surface area contributed by atoms with Gasteiger partial charge >= 0.3 is 6.09 Å². The van der Waals surface area contributed by atoms with Crippen LogP contribution in [0.15, 0.2) is 53.2 Å². The van der Waals surface area contributed by atoms with Gasteiger partial charge < -0.3 is 19.8 Å². The summed E-state index contributed by atoms with van der Waals surface area (Å²) < 4.78 is 37.5. The summed E-state index contributed by atoms with van der Waals surface area (Å²) in [4.78, 5) is 33.0. The molecule has 0 saturated heterocycles. The van der Waals surface area contributed by atoms with Crippen LogP contribution in [0.25, 0.3) is 11.5 Å². The molecule has 0 atom stereocenters. The zero-order chi connectivity index (χ0) is 28.9. The molecule has 1 aromatic carbocycles. The van der Waals surface area contributed by atoms with Gasteiger partial charge in [0.15, 0.2) is 9.84 Å².